The van der Waals surface area contributed by atoms with E-state index in [-0.39, 0.29) is 24.1 Å². The van der Waals surface area contributed by atoms with Gasteiger partial charge >= 0.3 is 6.61 Å². The second-order valence-electron chi connectivity index (χ2n) is 5.72. The van der Waals surface area contributed by atoms with Gasteiger partial charge in [0.1, 0.15) is 5.75 Å². The molecular weight excluding hydrogens is 326 g/mol. The number of alkyl halides is 2. The summed E-state index contributed by atoms with van der Waals surface area (Å²) in [5, 5.41) is 6.05. The molecule has 0 spiro atoms. The van der Waals surface area contributed by atoms with Crippen LogP contribution in [0.4, 0.5) is 14.5 Å². The molecule has 2 N–H and O–H groups in total. The third kappa shape index (κ3) is 6.71. The van der Waals surface area contributed by atoms with Crippen molar-refractivity contribution in [2.75, 3.05) is 18.4 Å². The fourth-order valence-corrected chi connectivity index (χ4v) is 2.83. The Hall–Kier alpha value is -1.40. The monoisotopic (exact) mass is 348 g/mol. The molecule has 130 valence electrons. The summed E-state index contributed by atoms with van der Waals surface area (Å²) in [4.78, 5) is 12.1. The first-order valence-electron chi connectivity index (χ1n) is 7.60. The Balaban J connectivity index is 0.00000264. The molecule has 0 saturated carbocycles. The highest BCUT2D eigenvalue weighted by molar-refractivity contribution is 5.91. The molecule has 1 fully saturated rings. The standard InChI is InChI=1S/C16H22F2N2O2.ClH/c1-11(12-5-7-19-8-6-12)9-15(21)20-13-3-2-4-14(10-13)22-16(17)18;/h2-4,10-12,16,19H,5-9H2,1H3,(H,20,21);1H. The molecule has 1 unspecified atom stereocenters. The zero-order chi connectivity index (χ0) is 15.9. The molecule has 1 aliphatic heterocycles. The average Bonchev–Trinajstić information content (AvgIpc) is 2.47. The predicted octanol–water partition coefficient (Wildman–Crippen LogP) is 3.67. The van der Waals surface area contributed by atoms with Crippen molar-refractivity contribution in [1.82, 2.24) is 5.32 Å². The van der Waals surface area contributed by atoms with Crippen LogP contribution < -0.4 is 15.4 Å². The fourth-order valence-electron chi connectivity index (χ4n) is 2.83. The van der Waals surface area contributed by atoms with Crippen LogP contribution in [-0.2, 0) is 4.79 Å². The van der Waals surface area contributed by atoms with Crippen molar-refractivity contribution in [3.8, 4) is 5.75 Å². The van der Waals surface area contributed by atoms with E-state index >= 15 is 0 Å². The summed E-state index contributed by atoms with van der Waals surface area (Å²) in [6.07, 6.45) is 2.61. The second-order valence-corrected chi connectivity index (χ2v) is 5.72. The zero-order valence-electron chi connectivity index (χ0n) is 13.1. The molecule has 23 heavy (non-hydrogen) atoms. The summed E-state index contributed by atoms with van der Waals surface area (Å²) in [7, 11) is 0. The second kappa shape index (κ2) is 9.67. The van der Waals surface area contributed by atoms with Gasteiger partial charge < -0.3 is 15.4 Å². The van der Waals surface area contributed by atoms with Crippen molar-refractivity contribution in [3.63, 3.8) is 0 Å². The molecule has 1 amide bonds. The summed E-state index contributed by atoms with van der Waals surface area (Å²) in [6.45, 7) is 1.23. The maximum atomic E-state index is 12.2. The lowest BCUT2D eigenvalue weighted by atomic mass is 9.84. The summed E-state index contributed by atoms with van der Waals surface area (Å²) in [5.41, 5.74) is 0.473. The quantitative estimate of drug-likeness (QED) is 0.824. The van der Waals surface area contributed by atoms with E-state index in [2.05, 4.69) is 22.3 Å². The van der Waals surface area contributed by atoms with Gasteiger partial charge in [-0.15, -0.1) is 12.4 Å². The van der Waals surface area contributed by atoms with Gasteiger partial charge in [0.15, 0.2) is 0 Å². The van der Waals surface area contributed by atoms with Crippen LogP contribution in [0.2, 0.25) is 0 Å². The highest BCUT2D eigenvalue weighted by Gasteiger charge is 2.22. The summed E-state index contributed by atoms with van der Waals surface area (Å²) < 4.78 is 28.7. The first kappa shape index (κ1) is 19.6. The smallest absolute Gasteiger partial charge is 0.387 e. The summed E-state index contributed by atoms with van der Waals surface area (Å²) in [6, 6.07) is 6.06. The fraction of sp³-hybridized carbons (Fsp3) is 0.562. The number of hydrogen-bond donors (Lipinski definition) is 2. The van der Waals surface area contributed by atoms with Gasteiger partial charge in [0, 0.05) is 18.2 Å². The molecular formula is C16H23ClF2N2O2. The van der Waals surface area contributed by atoms with Crippen LogP contribution >= 0.6 is 12.4 Å². The number of anilines is 1. The number of carbonyl (C=O) groups is 1. The lowest BCUT2D eigenvalue weighted by molar-refractivity contribution is -0.117. The van der Waals surface area contributed by atoms with Crippen molar-refractivity contribution in [3.05, 3.63) is 24.3 Å². The van der Waals surface area contributed by atoms with Crippen molar-refractivity contribution in [1.29, 1.82) is 0 Å². The Morgan fingerprint density at radius 2 is 2.09 bits per heavy atom. The van der Waals surface area contributed by atoms with Crippen molar-refractivity contribution < 1.29 is 18.3 Å². The maximum absolute atomic E-state index is 12.2. The molecule has 0 aliphatic carbocycles. The molecule has 7 heteroatoms. The van der Waals surface area contributed by atoms with E-state index in [4.69, 9.17) is 0 Å². The Morgan fingerprint density at radius 1 is 1.39 bits per heavy atom. The molecule has 1 saturated heterocycles. The Morgan fingerprint density at radius 3 is 2.74 bits per heavy atom. The molecule has 0 bridgehead atoms. The molecule has 0 aromatic heterocycles. The van der Waals surface area contributed by atoms with Gasteiger partial charge in [-0.3, -0.25) is 4.79 Å². The molecule has 0 radical (unpaired) electrons. The van der Waals surface area contributed by atoms with Gasteiger partial charge in [-0.25, -0.2) is 0 Å². The minimum absolute atomic E-state index is 0. The Kier molecular flexibility index (Phi) is 8.26. The third-order valence-corrected chi connectivity index (χ3v) is 4.04. The minimum Gasteiger partial charge on any atom is -0.435 e. The lowest BCUT2D eigenvalue weighted by Crippen LogP contribution is -2.32. The first-order chi connectivity index (χ1) is 10.5. The van der Waals surface area contributed by atoms with Crippen LogP contribution in [0.15, 0.2) is 24.3 Å². The molecule has 1 heterocycles. The SMILES string of the molecule is CC(CC(=O)Nc1cccc(OC(F)F)c1)C1CCNCC1.Cl. The molecule has 1 aliphatic rings. The number of rotatable bonds is 6. The van der Waals surface area contributed by atoms with Crippen molar-refractivity contribution in [2.45, 2.75) is 32.8 Å². The summed E-state index contributed by atoms with van der Waals surface area (Å²) >= 11 is 0. The Labute approximate surface area is 141 Å². The van der Waals surface area contributed by atoms with E-state index in [1.165, 1.54) is 12.1 Å². The largest absolute Gasteiger partial charge is 0.435 e. The summed E-state index contributed by atoms with van der Waals surface area (Å²) in [5.74, 6) is 0.808. The molecule has 1 atom stereocenters. The molecule has 1 aromatic rings. The predicted molar refractivity (Wildman–Crippen MR) is 88.3 cm³/mol. The number of halogens is 3. The zero-order valence-corrected chi connectivity index (χ0v) is 13.9. The number of ether oxygens (including phenoxy) is 1. The van der Waals surface area contributed by atoms with Gasteiger partial charge in [0.05, 0.1) is 0 Å². The van der Waals surface area contributed by atoms with Crippen LogP contribution in [0, 0.1) is 11.8 Å². The van der Waals surface area contributed by atoms with E-state index < -0.39 is 6.61 Å². The number of amides is 1. The number of hydrogen-bond acceptors (Lipinski definition) is 3. The van der Waals surface area contributed by atoms with Crippen LogP contribution in [0.25, 0.3) is 0 Å². The number of nitrogens with one attached hydrogen (secondary N) is 2. The van der Waals surface area contributed by atoms with E-state index in [9.17, 15) is 13.6 Å². The van der Waals surface area contributed by atoms with Crippen LogP contribution in [0.3, 0.4) is 0 Å². The molecule has 2 rings (SSSR count). The van der Waals surface area contributed by atoms with E-state index in [0.29, 0.717) is 23.9 Å². The first-order valence-corrected chi connectivity index (χ1v) is 7.60. The van der Waals surface area contributed by atoms with Crippen LogP contribution in [0.5, 0.6) is 5.75 Å². The highest BCUT2D eigenvalue weighted by atomic mass is 35.5. The normalized spacial score (nSPS) is 16.5. The third-order valence-electron chi connectivity index (χ3n) is 4.04. The van der Waals surface area contributed by atoms with Gasteiger partial charge in [0.2, 0.25) is 5.91 Å². The minimum atomic E-state index is -2.87. The van der Waals surface area contributed by atoms with Crippen molar-refractivity contribution in [2.24, 2.45) is 11.8 Å². The number of piperidine rings is 1. The van der Waals surface area contributed by atoms with E-state index in [1.54, 1.807) is 12.1 Å². The number of carbonyl (C=O) groups excluding carboxylic acids is 1. The Bertz CT molecular complexity index is 497. The lowest BCUT2D eigenvalue weighted by Gasteiger charge is -2.27. The van der Waals surface area contributed by atoms with Crippen molar-refractivity contribution >= 4 is 24.0 Å². The van der Waals surface area contributed by atoms with Crippen LogP contribution in [0.1, 0.15) is 26.2 Å². The van der Waals surface area contributed by atoms with Crippen LogP contribution in [-0.4, -0.2) is 25.6 Å². The van der Waals surface area contributed by atoms with E-state index in [1.807, 2.05) is 0 Å². The van der Waals surface area contributed by atoms with Gasteiger partial charge in [-0.1, -0.05) is 13.0 Å². The van der Waals surface area contributed by atoms with Gasteiger partial charge in [-0.05, 0) is 49.9 Å². The molecule has 1 aromatic carbocycles. The van der Waals surface area contributed by atoms with E-state index in [0.717, 1.165) is 25.9 Å². The van der Waals surface area contributed by atoms with Gasteiger partial charge in [-0.2, -0.15) is 8.78 Å². The number of benzene rings is 1. The average molecular weight is 349 g/mol. The van der Waals surface area contributed by atoms with Gasteiger partial charge in [0.25, 0.3) is 0 Å². The topological polar surface area (TPSA) is 50.4 Å². The molecule has 4 nitrogen and oxygen atoms in total. The highest BCUT2D eigenvalue weighted by Crippen LogP contribution is 2.25. The maximum Gasteiger partial charge on any atom is 0.387 e.